The number of amides is 2. The van der Waals surface area contributed by atoms with Gasteiger partial charge in [-0.3, -0.25) is 9.59 Å². The Bertz CT molecular complexity index is 825. The van der Waals surface area contributed by atoms with Gasteiger partial charge in [-0.05, 0) is 26.8 Å². The highest BCUT2D eigenvalue weighted by atomic mass is 19.1. The van der Waals surface area contributed by atoms with E-state index in [0.717, 1.165) is 11.0 Å². The number of nitrogens with zero attached hydrogens (tertiary/aromatic N) is 2. The lowest BCUT2D eigenvalue weighted by Crippen LogP contribution is -2.30. The first-order chi connectivity index (χ1) is 13.4. The van der Waals surface area contributed by atoms with Crippen LogP contribution in [0.2, 0.25) is 0 Å². The molecule has 1 aliphatic heterocycles. The zero-order valence-electron chi connectivity index (χ0n) is 16.2. The third kappa shape index (κ3) is 4.94. The minimum Gasteiger partial charge on any atom is -0.490 e. The van der Waals surface area contributed by atoms with Gasteiger partial charge in [0.2, 0.25) is 5.91 Å². The molecule has 0 unspecified atom stereocenters. The Kier molecular flexibility index (Phi) is 7.67. The predicted molar refractivity (Wildman–Crippen MR) is 99.4 cm³/mol. The molecule has 1 saturated heterocycles. The molecule has 0 aromatic heterocycles. The largest absolute Gasteiger partial charge is 0.490 e. The first kappa shape index (κ1) is 21.5. The van der Waals surface area contributed by atoms with E-state index in [1.165, 1.54) is 6.07 Å². The van der Waals surface area contributed by atoms with Crippen molar-refractivity contribution in [3.05, 3.63) is 34.7 Å². The summed E-state index contributed by atoms with van der Waals surface area (Å²) in [5, 5.41) is 9.22. The van der Waals surface area contributed by atoms with E-state index in [-0.39, 0.29) is 36.6 Å². The zero-order chi connectivity index (χ0) is 20.7. The molecule has 2 rings (SSSR count). The molecular formula is C20H23FN2O5. The lowest BCUT2D eigenvalue weighted by molar-refractivity contribution is -0.120. The smallest absolute Gasteiger partial charge is 0.261 e. The number of allylic oxidation sites excluding steroid dienone is 1. The van der Waals surface area contributed by atoms with Crippen molar-refractivity contribution >= 4 is 17.5 Å². The summed E-state index contributed by atoms with van der Waals surface area (Å²) in [4.78, 5) is 25.6. The fourth-order valence-corrected chi connectivity index (χ4v) is 2.68. The molecule has 28 heavy (non-hydrogen) atoms. The first-order valence-electron chi connectivity index (χ1n) is 8.96. The van der Waals surface area contributed by atoms with Crippen molar-refractivity contribution in [1.29, 1.82) is 5.26 Å². The summed E-state index contributed by atoms with van der Waals surface area (Å²) in [7, 11) is 0. The summed E-state index contributed by atoms with van der Waals surface area (Å²) in [5.74, 6) is -1.83. The van der Waals surface area contributed by atoms with Gasteiger partial charge in [0.25, 0.3) is 5.91 Å². The summed E-state index contributed by atoms with van der Waals surface area (Å²) in [6.45, 7) is 7.16. The van der Waals surface area contributed by atoms with Crippen LogP contribution in [0.4, 0.5) is 10.1 Å². The Balaban J connectivity index is 2.16. The lowest BCUT2D eigenvalue weighted by Gasteiger charge is -2.17. The molecule has 0 aliphatic carbocycles. The number of rotatable bonds is 9. The van der Waals surface area contributed by atoms with Gasteiger partial charge in [0.1, 0.15) is 24.2 Å². The third-order valence-electron chi connectivity index (χ3n) is 4.11. The monoisotopic (exact) mass is 390 g/mol. The predicted octanol–water partition coefficient (Wildman–Crippen LogP) is 2.73. The molecule has 150 valence electrons. The van der Waals surface area contributed by atoms with Gasteiger partial charge in [-0.2, -0.15) is 5.26 Å². The number of benzene rings is 1. The summed E-state index contributed by atoms with van der Waals surface area (Å²) in [5.41, 5.74) is 0.795. The van der Waals surface area contributed by atoms with Gasteiger partial charge in [0.05, 0.1) is 37.5 Å². The van der Waals surface area contributed by atoms with E-state index in [1.807, 2.05) is 13.0 Å². The van der Waals surface area contributed by atoms with Crippen molar-refractivity contribution in [2.75, 3.05) is 37.9 Å². The quantitative estimate of drug-likeness (QED) is 0.366. The molecule has 7 nitrogen and oxygen atoms in total. The molecule has 2 amide bonds. The van der Waals surface area contributed by atoms with Crippen LogP contribution in [0.5, 0.6) is 5.75 Å². The van der Waals surface area contributed by atoms with Crippen LogP contribution in [0.3, 0.4) is 0 Å². The maximum Gasteiger partial charge on any atom is 0.261 e. The number of hydrogen-bond donors (Lipinski definition) is 0. The second-order valence-electron chi connectivity index (χ2n) is 6.26. The number of nitriles is 1. The van der Waals surface area contributed by atoms with Crippen molar-refractivity contribution < 1.29 is 28.2 Å². The van der Waals surface area contributed by atoms with E-state index < -0.39 is 17.6 Å². The number of carbonyl (C=O) groups is 2. The van der Waals surface area contributed by atoms with Crippen molar-refractivity contribution in [1.82, 2.24) is 0 Å². The van der Waals surface area contributed by atoms with E-state index in [2.05, 4.69) is 0 Å². The summed E-state index contributed by atoms with van der Waals surface area (Å²) >= 11 is 0. The second kappa shape index (κ2) is 9.97. The average molecular weight is 390 g/mol. The molecular weight excluding hydrogens is 367 g/mol. The summed E-state index contributed by atoms with van der Waals surface area (Å²) in [6.07, 6.45) is -0.0789. The summed E-state index contributed by atoms with van der Waals surface area (Å²) < 4.78 is 30.5. The van der Waals surface area contributed by atoms with E-state index >= 15 is 0 Å². The third-order valence-corrected chi connectivity index (χ3v) is 4.11. The van der Waals surface area contributed by atoms with Gasteiger partial charge in [-0.25, -0.2) is 9.29 Å². The van der Waals surface area contributed by atoms with Crippen LogP contribution in [0.1, 0.15) is 32.8 Å². The molecule has 0 saturated carbocycles. The van der Waals surface area contributed by atoms with Gasteiger partial charge in [-0.1, -0.05) is 5.57 Å². The van der Waals surface area contributed by atoms with E-state index in [4.69, 9.17) is 14.2 Å². The molecule has 1 aliphatic rings. The van der Waals surface area contributed by atoms with Gasteiger partial charge in [-0.15, -0.1) is 0 Å². The van der Waals surface area contributed by atoms with Crippen molar-refractivity contribution in [3.63, 3.8) is 0 Å². The maximum absolute atomic E-state index is 14.5. The van der Waals surface area contributed by atoms with Crippen LogP contribution in [-0.2, 0) is 19.1 Å². The van der Waals surface area contributed by atoms with E-state index in [9.17, 15) is 19.2 Å². The van der Waals surface area contributed by atoms with Crippen LogP contribution in [0.15, 0.2) is 23.3 Å². The topological polar surface area (TPSA) is 88.9 Å². The number of carbonyl (C=O) groups excluding carboxylic acids is 2. The molecule has 8 heteroatoms. The van der Waals surface area contributed by atoms with Crippen LogP contribution < -0.4 is 9.64 Å². The van der Waals surface area contributed by atoms with Crippen LogP contribution in [0.25, 0.3) is 0 Å². The van der Waals surface area contributed by atoms with E-state index in [0.29, 0.717) is 31.0 Å². The van der Waals surface area contributed by atoms with Gasteiger partial charge < -0.3 is 14.2 Å². The van der Waals surface area contributed by atoms with Crippen LogP contribution >= 0.6 is 0 Å². The molecule has 1 heterocycles. The van der Waals surface area contributed by atoms with Gasteiger partial charge in [0, 0.05) is 18.2 Å². The molecule has 0 spiro atoms. The first-order valence-corrected chi connectivity index (χ1v) is 8.96. The molecule has 1 aromatic rings. The number of imide groups is 1. The van der Waals surface area contributed by atoms with E-state index in [1.54, 1.807) is 13.8 Å². The number of anilines is 1. The molecule has 1 fully saturated rings. The maximum atomic E-state index is 14.5. The van der Waals surface area contributed by atoms with Gasteiger partial charge >= 0.3 is 0 Å². The zero-order valence-corrected chi connectivity index (χ0v) is 16.2. The number of ether oxygens (including phenoxy) is 3. The highest BCUT2D eigenvalue weighted by molar-refractivity contribution is 6.28. The Morgan fingerprint density at radius 3 is 2.46 bits per heavy atom. The lowest BCUT2D eigenvalue weighted by atomic mass is 10.1. The molecule has 1 aromatic carbocycles. The highest BCUT2D eigenvalue weighted by Gasteiger charge is 2.37. The average Bonchev–Trinajstić information content (AvgIpc) is 2.96. The molecule has 0 radical (unpaired) electrons. The second-order valence-corrected chi connectivity index (χ2v) is 6.26. The minimum absolute atomic E-state index is 0.0305. The Hall–Kier alpha value is -2.76. The fourth-order valence-electron chi connectivity index (χ4n) is 2.68. The van der Waals surface area contributed by atoms with Crippen molar-refractivity contribution in [2.45, 2.75) is 27.2 Å². The van der Waals surface area contributed by atoms with Crippen molar-refractivity contribution in [2.24, 2.45) is 0 Å². The Labute approximate surface area is 163 Å². The van der Waals surface area contributed by atoms with Gasteiger partial charge in [0.15, 0.2) is 0 Å². The molecule has 0 N–H and O–H groups in total. The number of hydrogen-bond acceptors (Lipinski definition) is 6. The van der Waals surface area contributed by atoms with Crippen LogP contribution in [-0.4, -0.2) is 44.8 Å². The van der Waals surface area contributed by atoms with Crippen LogP contribution in [0, 0.1) is 17.1 Å². The number of halogens is 1. The normalized spacial score (nSPS) is 13.8. The molecule has 0 bridgehead atoms. The van der Waals surface area contributed by atoms with Crippen molar-refractivity contribution in [3.8, 4) is 11.8 Å². The minimum atomic E-state index is -0.839. The standard InChI is InChI=1S/C20H23FN2O5/c1-4-26-5-6-27-7-8-28-18-11-17(16(21)9-14(18)12-22)23-19(24)10-15(13(2)3)20(23)25/h9,11H,4-8,10H2,1-3H3. The SMILES string of the molecule is CCOCCOCCOc1cc(N2C(=O)CC(=C(C)C)C2=O)c(F)cc1C#N. The Morgan fingerprint density at radius 2 is 1.86 bits per heavy atom. The fraction of sp³-hybridized carbons (Fsp3) is 0.450. The summed E-state index contributed by atoms with van der Waals surface area (Å²) in [6, 6.07) is 4.02. The highest BCUT2D eigenvalue weighted by Crippen LogP contribution is 2.34. The Morgan fingerprint density at radius 1 is 1.18 bits per heavy atom. The molecule has 0 atom stereocenters.